The zero-order valence-corrected chi connectivity index (χ0v) is 13.2. The SMILES string of the molecule is C=CCN(Cc1cc(CNC(C)C)sc1C)C1CC1. The predicted octanol–water partition coefficient (Wildman–Crippen LogP) is 3.70. The molecule has 1 fully saturated rings. The van der Waals surface area contributed by atoms with Crippen LogP contribution in [0.15, 0.2) is 18.7 Å². The Kier molecular flexibility index (Phi) is 5.20. The third-order valence-electron chi connectivity index (χ3n) is 3.56. The van der Waals surface area contributed by atoms with Crippen LogP contribution in [0.2, 0.25) is 0 Å². The number of thiophene rings is 1. The van der Waals surface area contributed by atoms with Crippen LogP contribution in [-0.2, 0) is 13.1 Å². The first kappa shape index (κ1) is 14.8. The first-order valence-corrected chi connectivity index (χ1v) is 8.08. The van der Waals surface area contributed by atoms with Gasteiger partial charge < -0.3 is 5.32 Å². The number of nitrogens with zero attached hydrogens (tertiary/aromatic N) is 1. The van der Waals surface area contributed by atoms with Crippen LogP contribution in [0.3, 0.4) is 0 Å². The Balaban J connectivity index is 1.96. The zero-order valence-electron chi connectivity index (χ0n) is 12.4. The molecule has 1 aliphatic rings. The van der Waals surface area contributed by atoms with E-state index in [0.717, 1.165) is 25.7 Å². The quantitative estimate of drug-likeness (QED) is 0.729. The highest BCUT2D eigenvalue weighted by molar-refractivity contribution is 7.12. The molecule has 0 atom stereocenters. The molecule has 0 bridgehead atoms. The summed E-state index contributed by atoms with van der Waals surface area (Å²) in [6.07, 6.45) is 4.75. The minimum Gasteiger partial charge on any atom is -0.310 e. The highest BCUT2D eigenvalue weighted by Crippen LogP contribution is 2.30. The maximum Gasteiger partial charge on any atom is 0.0302 e. The normalized spacial score (nSPS) is 15.4. The lowest BCUT2D eigenvalue weighted by Crippen LogP contribution is -2.25. The van der Waals surface area contributed by atoms with Crippen LogP contribution in [0.4, 0.5) is 0 Å². The average Bonchev–Trinajstić information content (AvgIpc) is 3.13. The summed E-state index contributed by atoms with van der Waals surface area (Å²) in [5.41, 5.74) is 1.50. The van der Waals surface area contributed by atoms with Gasteiger partial charge >= 0.3 is 0 Å². The van der Waals surface area contributed by atoms with Crippen LogP contribution in [0.1, 0.15) is 42.0 Å². The van der Waals surface area contributed by atoms with Crippen molar-refractivity contribution < 1.29 is 0 Å². The standard InChI is InChI=1S/C16H26N2S/c1-5-8-18(15-6-7-15)11-14-9-16(19-13(14)4)10-17-12(2)3/h5,9,12,15,17H,1,6-8,10-11H2,2-4H3. The van der Waals surface area contributed by atoms with Crippen LogP contribution in [0, 0.1) is 6.92 Å². The summed E-state index contributed by atoms with van der Waals surface area (Å²) in [5.74, 6) is 0. The molecule has 1 aromatic rings. The van der Waals surface area contributed by atoms with E-state index in [4.69, 9.17) is 0 Å². The van der Waals surface area contributed by atoms with Gasteiger partial charge in [0, 0.05) is 41.5 Å². The summed E-state index contributed by atoms with van der Waals surface area (Å²) in [7, 11) is 0. The molecule has 0 saturated heterocycles. The molecule has 1 aliphatic carbocycles. The van der Waals surface area contributed by atoms with E-state index in [9.17, 15) is 0 Å². The summed E-state index contributed by atoms with van der Waals surface area (Å²) in [6.45, 7) is 13.6. The van der Waals surface area contributed by atoms with E-state index in [2.05, 4.69) is 43.6 Å². The Bertz CT molecular complexity index is 418. The van der Waals surface area contributed by atoms with Crippen molar-refractivity contribution in [2.24, 2.45) is 0 Å². The molecule has 0 aliphatic heterocycles. The third-order valence-corrected chi connectivity index (χ3v) is 4.65. The summed E-state index contributed by atoms with van der Waals surface area (Å²) in [5, 5.41) is 3.50. The van der Waals surface area contributed by atoms with Gasteiger partial charge in [0.25, 0.3) is 0 Å². The van der Waals surface area contributed by atoms with Crippen molar-refractivity contribution in [3.63, 3.8) is 0 Å². The minimum absolute atomic E-state index is 0.551. The van der Waals surface area contributed by atoms with Gasteiger partial charge in [-0.05, 0) is 31.4 Å². The first-order chi connectivity index (χ1) is 9.10. The van der Waals surface area contributed by atoms with Gasteiger partial charge in [0.2, 0.25) is 0 Å². The molecule has 1 saturated carbocycles. The molecule has 1 aromatic heterocycles. The number of hydrogen-bond donors (Lipinski definition) is 1. The number of aryl methyl sites for hydroxylation is 1. The molecule has 0 spiro atoms. The molecule has 2 rings (SSSR count). The van der Waals surface area contributed by atoms with E-state index in [-0.39, 0.29) is 0 Å². The summed E-state index contributed by atoms with van der Waals surface area (Å²) < 4.78 is 0. The van der Waals surface area contributed by atoms with E-state index in [1.165, 1.54) is 28.2 Å². The van der Waals surface area contributed by atoms with Crippen molar-refractivity contribution in [1.29, 1.82) is 0 Å². The average molecular weight is 278 g/mol. The predicted molar refractivity (Wildman–Crippen MR) is 84.7 cm³/mol. The van der Waals surface area contributed by atoms with Crippen LogP contribution >= 0.6 is 11.3 Å². The van der Waals surface area contributed by atoms with E-state index < -0.39 is 0 Å². The van der Waals surface area contributed by atoms with Crippen LogP contribution < -0.4 is 5.32 Å². The molecule has 0 amide bonds. The number of nitrogens with one attached hydrogen (secondary N) is 1. The summed E-state index contributed by atoms with van der Waals surface area (Å²) in [6, 6.07) is 3.73. The highest BCUT2D eigenvalue weighted by atomic mass is 32.1. The fourth-order valence-corrected chi connectivity index (χ4v) is 3.31. The van der Waals surface area contributed by atoms with Gasteiger partial charge in [-0.1, -0.05) is 19.9 Å². The lowest BCUT2D eigenvalue weighted by atomic mass is 10.2. The summed E-state index contributed by atoms with van der Waals surface area (Å²) >= 11 is 1.93. The molecule has 1 N–H and O–H groups in total. The van der Waals surface area contributed by atoms with E-state index in [0.29, 0.717) is 6.04 Å². The topological polar surface area (TPSA) is 15.3 Å². The molecule has 2 nitrogen and oxygen atoms in total. The van der Waals surface area contributed by atoms with E-state index in [1.807, 2.05) is 17.4 Å². The molecule has 0 radical (unpaired) electrons. The molecule has 3 heteroatoms. The van der Waals surface area contributed by atoms with Gasteiger partial charge in [-0.3, -0.25) is 4.90 Å². The number of rotatable bonds is 8. The second-order valence-corrected chi connectivity index (χ2v) is 7.12. The largest absolute Gasteiger partial charge is 0.310 e. The fraction of sp³-hybridized carbons (Fsp3) is 0.625. The Labute approximate surface area is 121 Å². The second kappa shape index (κ2) is 6.69. The molecule has 1 heterocycles. The lowest BCUT2D eigenvalue weighted by molar-refractivity contribution is 0.283. The highest BCUT2D eigenvalue weighted by Gasteiger charge is 2.28. The van der Waals surface area contributed by atoms with Gasteiger partial charge in [0.05, 0.1) is 0 Å². The minimum atomic E-state index is 0.551. The van der Waals surface area contributed by atoms with Crippen molar-refractivity contribution in [2.45, 2.75) is 58.8 Å². The first-order valence-electron chi connectivity index (χ1n) is 7.26. The smallest absolute Gasteiger partial charge is 0.0302 e. The van der Waals surface area contributed by atoms with Crippen molar-refractivity contribution in [3.05, 3.63) is 34.0 Å². The molecule has 0 aromatic carbocycles. The molecule has 19 heavy (non-hydrogen) atoms. The Morgan fingerprint density at radius 3 is 2.84 bits per heavy atom. The third kappa shape index (κ3) is 4.44. The Hall–Kier alpha value is -0.640. The van der Waals surface area contributed by atoms with E-state index in [1.54, 1.807) is 0 Å². The molecule has 106 valence electrons. The Morgan fingerprint density at radius 2 is 2.26 bits per heavy atom. The maximum absolute atomic E-state index is 3.88. The second-order valence-electron chi connectivity index (χ2n) is 5.78. The van der Waals surface area contributed by atoms with Gasteiger partial charge in [0.1, 0.15) is 0 Å². The van der Waals surface area contributed by atoms with Gasteiger partial charge in [-0.15, -0.1) is 17.9 Å². The van der Waals surface area contributed by atoms with Crippen molar-refractivity contribution in [1.82, 2.24) is 10.2 Å². The van der Waals surface area contributed by atoms with Crippen LogP contribution in [0.25, 0.3) is 0 Å². The van der Waals surface area contributed by atoms with Crippen LogP contribution in [-0.4, -0.2) is 23.5 Å². The van der Waals surface area contributed by atoms with Crippen molar-refractivity contribution in [3.8, 4) is 0 Å². The monoisotopic (exact) mass is 278 g/mol. The van der Waals surface area contributed by atoms with Gasteiger partial charge in [-0.2, -0.15) is 0 Å². The lowest BCUT2D eigenvalue weighted by Gasteiger charge is -2.19. The van der Waals surface area contributed by atoms with Crippen LogP contribution in [0.5, 0.6) is 0 Å². The molecular formula is C16H26N2S. The fourth-order valence-electron chi connectivity index (χ4n) is 2.30. The van der Waals surface area contributed by atoms with E-state index >= 15 is 0 Å². The zero-order chi connectivity index (χ0) is 13.8. The Morgan fingerprint density at radius 1 is 1.53 bits per heavy atom. The summed E-state index contributed by atoms with van der Waals surface area (Å²) in [4.78, 5) is 5.48. The van der Waals surface area contributed by atoms with Crippen molar-refractivity contribution >= 4 is 11.3 Å². The molecule has 0 unspecified atom stereocenters. The van der Waals surface area contributed by atoms with Gasteiger partial charge in [0.15, 0.2) is 0 Å². The van der Waals surface area contributed by atoms with Gasteiger partial charge in [-0.25, -0.2) is 0 Å². The number of hydrogen-bond acceptors (Lipinski definition) is 3. The maximum atomic E-state index is 3.88. The van der Waals surface area contributed by atoms with Crippen molar-refractivity contribution in [2.75, 3.05) is 6.54 Å². The molecular weight excluding hydrogens is 252 g/mol.